The molecular formula is C18H19Cl2N5O3. The predicted octanol–water partition coefficient (Wildman–Crippen LogP) is 1.32. The number of rotatable bonds is 7. The molecule has 0 aliphatic heterocycles. The topological polar surface area (TPSA) is 133 Å². The first-order valence-electron chi connectivity index (χ1n) is 8.16. The van der Waals surface area contributed by atoms with Gasteiger partial charge in [-0.25, -0.2) is 0 Å². The van der Waals surface area contributed by atoms with Crippen molar-refractivity contribution < 1.29 is 14.4 Å². The van der Waals surface area contributed by atoms with Crippen LogP contribution in [0.2, 0.25) is 10.0 Å². The van der Waals surface area contributed by atoms with Crippen molar-refractivity contribution >= 4 is 47.0 Å². The molecule has 0 aliphatic carbocycles. The number of amides is 3. The Labute approximate surface area is 171 Å². The molecule has 1 aromatic carbocycles. The average Bonchev–Trinajstić information content (AvgIpc) is 2.87. The van der Waals surface area contributed by atoms with Gasteiger partial charge in [0.15, 0.2) is 6.04 Å². The number of benzene rings is 1. The van der Waals surface area contributed by atoms with E-state index < -0.39 is 23.8 Å². The van der Waals surface area contributed by atoms with Gasteiger partial charge in [-0.05, 0) is 32.1 Å². The van der Waals surface area contributed by atoms with Gasteiger partial charge in [-0.3, -0.25) is 19.1 Å². The summed E-state index contributed by atoms with van der Waals surface area (Å²) in [7, 11) is 0. The molecule has 148 valence electrons. The molecule has 3 amide bonds. The minimum Gasteiger partial charge on any atom is -0.367 e. The third-order valence-corrected chi connectivity index (χ3v) is 4.77. The highest BCUT2D eigenvalue weighted by molar-refractivity contribution is 6.36. The highest BCUT2D eigenvalue weighted by Gasteiger charge is 2.22. The van der Waals surface area contributed by atoms with Gasteiger partial charge in [0.2, 0.25) is 17.7 Å². The van der Waals surface area contributed by atoms with Gasteiger partial charge in [0.1, 0.15) is 0 Å². The molecule has 0 atom stereocenters. The Hall–Kier alpha value is -2.84. The summed E-state index contributed by atoms with van der Waals surface area (Å²) in [6.07, 6.45) is 2.69. The minimum absolute atomic E-state index is 0.358. The fourth-order valence-electron chi connectivity index (χ4n) is 2.57. The van der Waals surface area contributed by atoms with Crippen molar-refractivity contribution in [1.82, 2.24) is 15.1 Å². The Bertz CT molecular complexity index is 934. The van der Waals surface area contributed by atoms with Gasteiger partial charge in [-0.1, -0.05) is 29.3 Å². The highest BCUT2D eigenvalue weighted by atomic mass is 35.5. The molecule has 0 saturated carbocycles. The summed E-state index contributed by atoms with van der Waals surface area (Å²) < 4.78 is 1.72. The molecule has 0 fully saturated rings. The summed E-state index contributed by atoms with van der Waals surface area (Å²) in [6.45, 7) is 3.97. The molecule has 0 saturated heterocycles. The van der Waals surface area contributed by atoms with Crippen molar-refractivity contribution in [3.8, 4) is 0 Å². The number of hydrogen-bond donors (Lipinski definition) is 3. The van der Waals surface area contributed by atoms with Gasteiger partial charge in [-0.2, -0.15) is 5.10 Å². The third kappa shape index (κ3) is 4.90. The van der Waals surface area contributed by atoms with E-state index in [0.717, 1.165) is 11.3 Å². The Morgan fingerprint density at radius 1 is 1.18 bits per heavy atom. The van der Waals surface area contributed by atoms with Crippen LogP contribution in [0.5, 0.6) is 0 Å². The fraction of sp³-hybridized carbons (Fsp3) is 0.222. The van der Waals surface area contributed by atoms with E-state index in [1.165, 1.54) is 12.2 Å². The lowest BCUT2D eigenvalue weighted by molar-refractivity contribution is -0.132. The van der Waals surface area contributed by atoms with E-state index in [0.29, 0.717) is 27.8 Å². The van der Waals surface area contributed by atoms with Crippen molar-refractivity contribution in [2.75, 3.05) is 0 Å². The predicted molar refractivity (Wildman–Crippen MR) is 107 cm³/mol. The van der Waals surface area contributed by atoms with Gasteiger partial charge >= 0.3 is 0 Å². The molecule has 5 N–H and O–H groups in total. The summed E-state index contributed by atoms with van der Waals surface area (Å²) in [5.74, 6) is -2.76. The molecule has 0 radical (unpaired) electrons. The lowest BCUT2D eigenvalue weighted by Crippen LogP contribution is -2.52. The quantitative estimate of drug-likeness (QED) is 0.457. The van der Waals surface area contributed by atoms with E-state index in [-0.39, 0.29) is 0 Å². The maximum Gasteiger partial charge on any atom is 0.249 e. The maximum atomic E-state index is 12.0. The fourth-order valence-corrected chi connectivity index (χ4v) is 3.09. The summed E-state index contributed by atoms with van der Waals surface area (Å²) in [5.41, 5.74) is 12.9. The second-order valence-corrected chi connectivity index (χ2v) is 6.84. The molecule has 10 heteroatoms. The summed E-state index contributed by atoms with van der Waals surface area (Å²) in [5, 5.41) is 7.66. The summed E-state index contributed by atoms with van der Waals surface area (Å²) in [6, 6.07) is 3.67. The van der Waals surface area contributed by atoms with E-state index >= 15 is 0 Å². The lowest BCUT2D eigenvalue weighted by atomic mass is 10.1. The Balaban J connectivity index is 2.22. The van der Waals surface area contributed by atoms with Crippen molar-refractivity contribution in [2.45, 2.75) is 26.4 Å². The van der Waals surface area contributed by atoms with Crippen molar-refractivity contribution in [3.05, 3.63) is 56.8 Å². The molecule has 0 unspecified atom stereocenters. The monoisotopic (exact) mass is 423 g/mol. The number of carbonyl (C=O) groups is 3. The molecular weight excluding hydrogens is 405 g/mol. The van der Waals surface area contributed by atoms with E-state index in [2.05, 4.69) is 10.4 Å². The van der Waals surface area contributed by atoms with Gasteiger partial charge in [-0.15, -0.1) is 0 Å². The number of carbonyl (C=O) groups excluding carboxylic acids is 3. The van der Waals surface area contributed by atoms with Crippen LogP contribution < -0.4 is 16.8 Å². The number of primary amides is 2. The zero-order chi connectivity index (χ0) is 21.0. The van der Waals surface area contributed by atoms with Crippen LogP contribution in [0.3, 0.4) is 0 Å². The summed E-state index contributed by atoms with van der Waals surface area (Å²) in [4.78, 5) is 34.2. The molecule has 2 rings (SSSR count). The van der Waals surface area contributed by atoms with Crippen molar-refractivity contribution in [1.29, 1.82) is 0 Å². The number of nitrogens with two attached hydrogens (primary N) is 2. The molecule has 1 aromatic heterocycles. The third-order valence-electron chi connectivity index (χ3n) is 4.06. The number of aryl methyl sites for hydroxylation is 1. The van der Waals surface area contributed by atoms with Gasteiger partial charge in [0.25, 0.3) is 0 Å². The highest BCUT2D eigenvalue weighted by Crippen LogP contribution is 2.26. The number of halogens is 2. The average molecular weight is 424 g/mol. The first kappa shape index (κ1) is 21.5. The maximum absolute atomic E-state index is 12.0. The van der Waals surface area contributed by atoms with Gasteiger partial charge in [0, 0.05) is 32.9 Å². The van der Waals surface area contributed by atoms with E-state index in [1.807, 2.05) is 6.92 Å². The normalized spacial score (nSPS) is 11.2. The first-order chi connectivity index (χ1) is 13.1. The van der Waals surface area contributed by atoms with Crippen LogP contribution in [0.1, 0.15) is 22.5 Å². The summed E-state index contributed by atoms with van der Waals surface area (Å²) >= 11 is 12.4. The Kier molecular flexibility index (Phi) is 6.82. The minimum atomic E-state index is -1.58. The largest absolute Gasteiger partial charge is 0.367 e. The zero-order valence-corrected chi connectivity index (χ0v) is 16.7. The van der Waals surface area contributed by atoms with Crippen LogP contribution in [-0.2, 0) is 20.9 Å². The first-order valence-corrected chi connectivity index (χ1v) is 8.91. The van der Waals surface area contributed by atoms with Crippen LogP contribution >= 0.6 is 23.2 Å². The molecule has 0 bridgehead atoms. The van der Waals surface area contributed by atoms with Crippen LogP contribution in [0, 0.1) is 13.8 Å². The number of hydrogen-bond acceptors (Lipinski definition) is 4. The van der Waals surface area contributed by atoms with E-state index in [4.69, 9.17) is 34.7 Å². The van der Waals surface area contributed by atoms with Crippen LogP contribution in [0.15, 0.2) is 24.3 Å². The number of nitrogens with one attached hydrogen (secondary N) is 1. The van der Waals surface area contributed by atoms with Crippen molar-refractivity contribution in [3.63, 3.8) is 0 Å². The Morgan fingerprint density at radius 3 is 2.29 bits per heavy atom. The molecule has 8 nitrogen and oxygen atoms in total. The lowest BCUT2D eigenvalue weighted by Gasteiger charge is -2.09. The second-order valence-electron chi connectivity index (χ2n) is 6.02. The van der Waals surface area contributed by atoms with Gasteiger partial charge < -0.3 is 16.8 Å². The van der Waals surface area contributed by atoms with Crippen molar-refractivity contribution in [2.24, 2.45) is 11.5 Å². The van der Waals surface area contributed by atoms with Crippen LogP contribution in [0.25, 0.3) is 6.08 Å². The number of aromatic nitrogens is 2. The molecule has 1 heterocycles. The molecule has 0 spiro atoms. The SMILES string of the molecule is Cc1nn(Cc2c(Cl)cccc2Cl)c(C)c1C=CC(=O)NC(C(N)=O)C(N)=O. The smallest absolute Gasteiger partial charge is 0.249 e. The number of nitrogens with zero attached hydrogens (tertiary/aromatic N) is 2. The molecule has 2 aromatic rings. The van der Waals surface area contributed by atoms with Crippen LogP contribution in [-0.4, -0.2) is 33.5 Å². The second kappa shape index (κ2) is 8.90. The Morgan fingerprint density at radius 2 is 1.75 bits per heavy atom. The molecule has 0 aliphatic rings. The van der Waals surface area contributed by atoms with Gasteiger partial charge in [0.05, 0.1) is 12.2 Å². The standard InChI is InChI=1S/C18H19Cl2N5O3/c1-9-11(6-7-15(26)23-16(17(21)27)18(22)28)10(2)25(24-9)8-12-13(19)4-3-5-14(12)20/h3-7,16H,8H2,1-2H3,(H2,21,27)(H2,22,28)(H,23,26). The zero-order valence-electron chi connectivity index (χ0n) is 15.2. The van der Waals surface area contributed by atoms with E-state index in [1.54, 1.807) is 29.8 Å². The van der Waals surface area contributed by atoms with Crippen LogP contribution in [0.4, 0.5) is 0 Å². The molecule has 28 heavy (non-hydrogen) atoms. The van der Waals surface area contributed by atoms with E-state index in [9.17, 15) is 14.4 Å².